The summed E-state index contributed by atoms with van der Waals surface area (Å²) in [6.07, 6.45) is -3.14. The average Bonchev–Trinajstić information content (AvgIpc) is 3.34. The molecular weight excluding hydrogens is 464 g/mol. The van der Waals surface area contributed by atoms with Crippen LogP contribution in [0.3, 0.4) is 0 Å². The number of aromatic nitrogens is 1. The van der Waals surface area contributed by atoms with Crippen molar-refractivity contribution in [3.8, 4) is 11.5 Å². The largest absolute Gasteiger partial charge is 0.586 e. The van der Waals surface area contributed by atoms with Gasteiger partial charge < -0.3 is 14.8 Å². The summed E-state index contributed by atoms with van der Waals surface area (Å²) >= 11 is 1.51. The molecule has 1 saturated heterocycles. The Hall–Kier alpha value is -2.83. The molecule has 2 aliphatic heterocycles. The normalized spacial score (nSPS) is 18.7. The van der Waals surface area contributed by atoms with Crippen LogP contribution in [0.1, 0.15) is 12.8 Å². The van der Waals surface area contributed by atoms with Gasteiger partial charge in [-0.05, 0) is 43.2 Å². The zero-order valence-corrected chi connectivity index (χ0v) is 18.1. The number of amides is 1. The monoisotopic (exact) mass is 481 g/mol. The van der Waals surface area contributed by atoms with E-state index in [1.54, 1.807) is 17.6 Å². The topological polar surface area (TPSA) is 97.8 Å². The van der Waals surface area contributed by atoms with Gasteiger partial charge in [0.25, 0.3) is 0 Å². The number of alkyl halides is 2. The quantitative estimate of drug-likeness (QED) is 0.611. The number of piperidine rings is 1. The molecular formula is C20H17F2N3O5S2. The van der Waals surface area contributed by atoms with E-state index < -0.39 is 16.3 Å². The third-order valence-corrected chi connectivity index (χ3v) is 8.14. The van der Waals surface area contributed by atoms with Gasteiger partial charge in [0, 0.05) is 30.8 Å². The third-order valence-electron chi connectivity index (χ3n) is 5.43. The van der Waals surface area contributed by atoms with Crippen molar-refractivity contribution in [1.82, 2.24) is 9.29 Å². The van der Waals surface area contributed by atoms with Crippen molar-refractivity contribution in [2.75, 3.05) is 18.4 Å². The van der Waals surface area contributed by atoms with E-state index in [4.69, 9.17) is 0 Å². The number of halogens is 2. The molecule has 0 atom stereocenters. The number of thiazole rings is 1. The van der Waals surface area contributed by atoms with E-state index in [9.17, 15) is 22.0 Å². The molecule has 0 saturated carbocycles. The number of carbonyl (C=O) groups excluding carboxylic acids is 1. The van der Waals surface area contributed by atoms with Gasteiger partial charge in [0.2, 0.25) is 15.9 Å². The van der Waals surface area contributed by atoms with E-state index in [1.165, 1.54) is 21.7 Å². The van der Waals surface area contributed by atoms with Crippen LogP contribution >= 0.6 is 11.3 Å². The van der Waals surface area contributed by atoms with Crippen LogP contribution in [0.4, 0.5) is 14.5 Å². The second-order valence-electron chi connectivity index (χ2n) is 7.48. The number of anilines is 1. The fourth-order valence-electron chi connectivity index (χ4n) is 3.78. The molecule has 0 aliphatic carbocycles. The first kappa shape index (κ1) is 21.0. The summed E-state index contributed by atoms with van der Waals surface area (Å²) in [6.45, 7) is 0.270. The molecule has 168 valence electrons. The standard InChI is InChI=1S/C20H17F2N3O5S2/c21-20(22)29-16-3-2-14(10-17(16)30-20)32(27,28)25-7-5-12(6-8-25)19(26)24-13-1-4-18-15(9-13)23-11-31-18/h1-4,9-12H,5-8H2,(H,24,26). The summed E-state index contributed by atoms with van der Waals surface area (Å²) in [7, 11) is -3.93. The Morgan fingerprint density at radius 3 is 2.66 bits per heavy atom. The Balaban J connectivity index is 1.23. The van der Waals surface area contributed by atoms with Crippen LogP contribution in [0.25, 0.3) is 10.2 Å². The first-order chi connectivity index (χ1) is 15.2. The fourth-order valence-corrected chi connectivity index (χ4v) is 5.92. The molecule has 0 unspecified atom stereocenters. The highest BCUT2D eigenvalue weighted by Crippen LogP contribution is 2.42. The fraction of sp³-hybridized carbons (Fsp3) is 0.300. The number of fused-ring (bicyclic) bond motifs is 2. The van der Waals surface area contributed by atoms with Crippen LogP contribution in [-0.4, -0.2) is 43.0 Å². The zero-order valence-electron chi connectivity index (χ0n) is 16.5. The van der Waals surface area contributed by atoms with Gasteiger partial charge in [0.1, 0.15) is 0 Å². The predicted molar refractivity (Wildman–Crippen MR) is 112 cm³/mol. The van der Waals surface area contributed by atoms with Crippen LogP contribution in [0.2, 0.25) is 0 Å². The van der Waals surface area contributed by atoms with Crippen LogP contribution < -0.4 is 14.8 Å². The van der Waals surface area contributed by atoms with E-state index in [2.05, 4.69) is 19.8 Å². The molecule has 0 spiro atoms. The Bertz CT molecular complexity index is 1300. The van der Waals surface area contributed by atoms with E-state index in [0.717, 1.165) is 22.3 Å². The lowest BCUT2D eigenvalue weighted by Crippen LogP contribution is -2.41. The van der Waals surface area contributed by atoms with Gasteiger partial charge in [0.15, 0.2) is 11.5 Å². The highest BCUT2D eigenvalue weighted by molar-refractivity contribution is 7.89. The Morgan fingerprint density at radius 2 is 1.88 bits per heavy atom. The molecule has 8 nitrogen and oxygen atoms in total. The number of sulfonamides is 1. The maximum absolute atomic E-state index is 13.2. The van der Waals surface area contributed by atoms with E-state index in [-0.39, 0.29) is 41.3 Å². The average molecular weight is 482 g/mol. The SMILES string of the molecule is O=C(Nc1ccc2scnc2c1)C1CCN(S(=O)(=O)c2ccc3c(c2)OC(F)(F)O3)CC1. The first-order valence-corrected chi connectivity index (χ1v) is 12.1. The molecule has 5 rings (SSSR count). The molecule has 1 amide bonds. The lowest BCUT2D eigenvalue weighted by atomic mass is 9.97. The Morgan fingerprint density at radius 1 is 1.12 bits per heavy atom. The van der Waals surface area contributed by atoms with Gasteiger partial charge in [-0.3, -0.25) is 4.79 Å². The predicted octanol–water partition coefficient (Wildman–Crippen LogP) is 3.66. The smallest absolute Gasteiger partial charge is 0.395 e. The maximum Gasteiger partial charge on any atom is 0.586 e. The second-order valence-corrected chi connectivity index (χ2v) is 10.3. The molecule has 0 bridgehead atoms. The summed E-state index contributed by atoms with van der Waals surface area (Å²) in [4.78, 5) is 16.7. The van der Waals surface area contributed by atoms with Crippen molar-refractivity contribution in [2.24, 2.45) is 5.92 Å². The van der Waals surface area contributed by atoms with Crippen molar-refractivity contribution in [3.63, 3.8) is 0 Å². The molecule has 12 heteroatoms. The van der Waals surface area contributed by atoms with Gasteiger partial charge >= 0.3 is 6.29 Å². The molecule has 2 aromatic carbocycles. The molecule has 3 aromatic rings. The number of nitrogens with zero attached hydrogens (tertiary/aromatic N) is 2. The lowest BCUT2D eigenvalue weighted by molar-refractivity contribution is -0.286. The van der Waals surface area contributed by atoms with Crippen molar-refractivity contribution < 1.29 is 31.5 Å². The van der Waals surface area contributed by atoms with Gasteiger partial charge in [-0.25, -0.2) is 13.4 Å². The van der Waals surface area contributed by atoms with Gasteiger partial charge in [-0.15, -0.1) is 20.1 Å². The van der Waals surface area contributed by atoms with Crippen LogP contribution in [-0.2, 0) is 14.8 Å². The summed E-state index contributed by atoms with van der Waals surface area (Å²) in [5.74, 6) is -1.08. The Kier molecular flexibility index (Phi) is 5.02. The van der Waals surface area contributed by atoms with Crippen molar-refractivity contribution in [3.05, 3.63) is 41.9 Å². The minimum absolute atomic E-state index is 0.135. The highest BCUT2D eigenvalue weighted by Gasteiger charge is 2.44. The van der Waals surface area contributed by atoms with Crippen molar-refractivity contribution in [1.29, 1.82) is 0 Å². The van der Waals surface area contributed by atoms with Gasteiger partial charge in [-0.2, -0.15) is 4.31 Å². The number of nitrogens with one attached hydrogen (secondary N) is 1. The summed E-state index contributed by atoms with van der Waals surface area (Å²) in [5.41, 5.74) is 3.17. The number of carbonyl (C=O) groups is 1. The minimum Gasteiger partial charge on any atom is -0.395 e. The molecule has 1 fully saturated rings. The number of ether oxygens (including phenoxy) is 2. The zero-order chi connectivity index (χ0) is 22.5. The molecule has 2 aliphatic rings. The van der Waals surface area contributed by atoms with E-state index >= 15 is 0 Å². The van der Waals surface area contributed by atoms with Gasteiger partial charge in [0.05, 0.1) is 20.6 Å². The van der Waals surface area contributed by atoms with Crippen LogP contribution in [0, 0.1) is 5.92 Å². The van der Waals surface area contributed by atoms with Gasteiger partial charge in [-0.1, -0.05) is 0 Å². The highest BCUT2D eigenvalue weighted by atomic mass is 32.2. The Labute approximate surface area is 185 Å². The summed E-state index contributed by atoms with van der Waals surface area (Å²) < 4.78 is 63.2. The van der Waals surface area contributed by atoms with E-state index in [1.807, 2.05) is 6.07 Å². The number of benzene rings is 2. The van der Waals surface area contributed by atoms with Crippen molar-refractivity contribution >= 4 is 43.2 Å². The summed E-state index contributed by atoms with van der Waals surface area (Å²) in [6, 6.07) is 8.86. The first-order valence-electron chi connectivity index (χ1n) is 9.75. The maximum atomic E-state index is 13.2. The second kappa shape index (κ2) is 7.64. The van der Waals surface area contributed by atoms with Crippen LogP contribution in [0.15, 0.2) is 46.8 Å². The third kappa shape index (κ3) is 3.89. The molecule has 3 heterocycles. The summed E-state index contributed by atoms with van der Waals surface area (Å²) in [5, 5.41) is 2.87. The minimum atomic E-state index is -3.93. The molecule has 1 N–H and O–H groups in total. The number of hydrogen-bond acceptors (Lipinski definition) is 7. The molecule has 1 aromatic heterocycles. The number of rotatable bonds is 4. The molecule has 32 heavy (non-hydrogen) atoms. The lowest BCUT2D eigenvalue weighted by Gasteiger charge is -2.30. The van der Waals surface area contributed by atoms with Crippen molar-refractivity contribution in [2.45, 2.75) is 24.0 Å². The van der Waals surface area contributed by atoms with E-state index in [0.29, 0.717) is 18.5 Å². The number of hydrogen-bond donors (Lipinski definition) is 1. The van der Waals surface area contributed by atoms with Crippen LogP contribution in [0.5, 0.6) is 11.5 Å². The molecule has 0 radical (unpaired) electrons.